The molecular weight excluding hydrogens is 274 g/mol. The Bertz CT molecular complexity index is 539. The lowest BCUT2D eigenvalue weighted by Crippen LogP contribution is -2.59. The molecule has 7 heteroatoms. The Morgan fingerprint density at radius 2 is 1.86 bits per heavy atom. The highest BCUT2D eigenvalue weighted by Crippen LogP contribution is 2.22. The second kappa shape index (κ2) is 6.01. The van der Waals surface area contributed by atoms with E-state index >= 15 is 0 Å². The van der Waals surface area contributed by atoms with Gasteiger partial charge < -0.3 is 25.3 Å². The normalized spacial score (nSPS) is 18.4. The molecule has 2 rings (SSSR count). The highest BCUT2D eigenvalue weighted by molar-refractivity contribution is 5.98. The topological polar surface area (TPSA) is 93.1 Å². The Labute approximate surface area is 122 Å². The molecule has 0 aliphatic carbocycles. The molecule has 0 spiro atoms. The smallest absolute Gasteiger partial charge is 0.254 e. The summed E-state index contributed by atoms with van der Waals surface area (Å²) in [5.74, 6) is -0.934. The third-order valence-corrected chi connectivity index (χ3v) is 3.38. The van der Waals surface area contributed by atoms with Crippen molar-refractivity contribution < 1.29 is 19.8 Å². The SMILES string of the molecule is CN(C)C(=O)C1CNCCN1C(=O)c1cc(O)cc(O)c1. The van der Waals surface area contributed by atoms with Crippen molar-refractivity contribution in [2.24, 2.45) is 0 Å². The van der Waals surface area contributed by atoms with Gasteiger partial charge in [-0.1, -0.05) is 0 Å². The molecule has 1 heterocycles. The number of carbonyl (C=O) groups is 2. The van der Waals surface area contributed by atoms with Crippen LogP contribution >= 0.6 is 0 Å². The third-order valence-electron chi connectivity index (χ3n) is 3.38. The van der Waals surface area contributed by atoms with Gasteiger partial charge in [-0.15, -0.1) is 0 Å². The first kappa shape index (κ1) is 15.1. The number of phenolic OH excluding ortho intramolecular Hbond substituents is 2. The summed E-state index contributed by atoms with van der Waals surface area (Å²) in [5.41, 5.74) is 0.158. The maximum absolute atomic E-state index is 12.5. The van der Waals surface area contributed by atoms with Gasteiger partial charge in [0.2, 0.25) is 5.91 Å². The van der Waals surface area contributed by atoms with Crippen molar-refractivity contribution in [1.29, 1.82) is 0 Å². The Kier molecular flexibility index (Phi) is 4.32. The highest BCUT2D eigenvalue weighted by atomic mass is 16.3. The number of hydrogen-bond acceptors (Lipinski definition) is 5. The Morgan fingerprint density at radius 3 is 2.43 bits per heavy atom. The summed E-state index contributed by atoms with van der Waals surface area (Å²) in [6.07, 6.45) is 0. The molecule has 0 aromatic heterocycles. The molecule has 0 bridgehead atoms. The molecule has 21 heavy (non-hydrogen) atoms. The van der Waals surface area contributed by atoms with E-state index in [1.54, 1.807) is 14.1 Å². The van der Waals surface area contributed by atoms with Crippen molar-refractivity contribution in [2.45, 2.75) is 6.04 Å². The van der Waals surface area contributed by atoms with Crippen LogP contribution in [0.5, 0.6) is 11.5 Å². The number of hydrogen-bond donors (Lipinski definition) is 3. The molecule has 1 saturated heterocycles. The minimum Gasteiger partial charge on any atom is -0.508 e. The number of likely N-dealkylation sites (N-methyl/N-ethyl adjacent to an activating group) is 1. The molecule has 114 valence electrons. The molecule has 1 aromatic rings. The number of nitrogens with one attached hydrogen (secondary N) is 1. The first-order valence-corrected chi connectivity index (χ1v) is 6.66. The molecule has 7 nitrogen and oxygen atoms in total. The molecule has 0 saturated carbocycles. The van der Waals surface area contributed by atoms with Crippen LogP contribution in [0.25, 0.3) is 0 Å². The van der Waals surface area contributed by atoms with Crippen molar-refractivity contribution in [3.05, 3.63) is 23.8 Å². The summed E-state index contributed by atoms with van der Waals surface area (Å²) >= 11 is 0. The molecule has 3 N–H and O–H groups in total. The second-order valence-electron chi connectivity index (χ2n) is 5.19. The van der Waals surface area contributed by atoms with E-state index in [-0.39, 0.29) is 28.9 Å². The highest BCUT2D eigenvalue weighted by Gasteiger charge is 2.33. The van der Waals surface area contributed by atoms with Crippen molar-refractivity contribution in [3.8, 4) is 11.5 Å². The van der Waals surface area contributed by atoms with Gasteiger partial charge in [0.1, 0.15) is 17.5 Å². The predicted octanol–water partition coefficient (Wildman–Crippen LogP) is -0.400. The number of rotatable bonds is 2. The molecule has 1 unspecified atom stereocenters. The average Bonchev–Trinajstić information content (AvgIpc) is 2.44. The largest absolute Gasteiger partial charge is 0.508 e. The molecule has 0 radical (unpaired) electrons. The van der Waals surface area contributed by atoms with Gasteiger partial charge in [-0.25, -0.2) is 0 Å². The molecule has 1 aromatic carbocycles. The van der Waals surface area contributed by atoms with Crippen molar-refractivity contribution in [3.63, 3.8) is 0 Å². The monoisotopic (exact) mass is 293 g/mol. The van der Waals surface area contributed by atoms with E-state index in [0.29, 0.717) is 19.6 Å². The zero-order chi connectivity index (χ0) is 15.6. The first-order valence-electron chi connectivity index (χ1n) is 6.66. The van der Waals surface area contributed by atoms with Crippen molar-refractivity contribution in [1.82, 2.24) is 15.1 Å². The molecule has 1 atom stereocenters. The number of carbonyl (C=O) groups excluding carboxylic acids is 2. The van der Waals surface area contributed by atoms with Crippen LogP contribution in [-0.2, 0) is 4.79 Å². The van der Waals surface area contributed by atoms with Gasteiger partial charge in [0.15, 0.2) is 0 Å². The maximum Gasteiger partial charge on any atom is 0.254 e. The van der Waals surface area contributed by atoms with Crippen LogP contribution in [0.2, 0.25) is 0 Å². The van der Waals surface area contributed by atoms with Gasteiger partial charge in [-0.05, 0) is 12.1 Å². The number of nitrogens with zero attached hydrogens (tertiary/aromatic N) is 2. The lowest BCUT2D eigenvalue weighted by molar-refractivity contribution is -0.134. The van der Waals surface area contributed by atoms with Gasteiger partial charge >= 0.3 is 0 Å². The summed E-state index contributed by atoms with van der Waals surface area (Å²) < 4.78 is 0. The van der Waals surface area contributed by atoms with Crippen LogP contribution in [-0.4, -0.2) is 71.6 Å². The molecule has 1 aliphatic rings. The van der Waals surface area contributed by atoms with Gasteiger partial charge in [-0.2, -0.15) is 0 Å². The second-order valence-corrected chi connectivity index (χ2v) is 5.19. The van der Waals surface area contributed by atoms with Crippen LogP contribution in [0.15, 0.2) is 18.2 Å². The van der Waals surface area contributed by atoms with E-state index < -0.39 is 6.04 Å². The van der Waals surface area contributed by atoms with E-state index in [1.165, 1.54) is 21.9 Å². The fraction of sp³-hybridized carbons (Fsp3) is 0.429. The predicted molar refractivity (Wildman–Crippen MR) is 76.2 cm³/mol. The van der Waals surface area contributed by atoms with E-state index in [4.69, 9.17) is 0 Å². The van der Waals surface area contributed by atoms with Crippen molar-refractivity contribution in [2.75, 3.05) is 33.7 Å². The van der Waals surface area contributed by atoms with E-state index in [0.717, 1.165) is 6.07 Å². The van der Waals surface area contributed by atoms with Gasteiger partial charge in [0.25, 0.3) is 5.91 Å². The van der Waals surface area contributed by atoms with E-state index in [9.17, 15) is 19.8 Å². The number of phenols is 2. The molecule has 2 amide bonds. The summed E-state index contributed by atoms with van der Waals surface area (Å²) in [4.78, 5) is 27.6. The fourth-order valence-corrected chi connectivity index (χ4v) is 2.35. The number of piperazine rings is 1. The van der Waals surface area contributed by atoms with Crippen LogP contribution in [0.3, 0.4) is 0 Å². The number of amides is 2. The quantitative estimate of drug-likeness (QED) is 0.690. The third kappa shape index (κ3) is 3.25. The zero-order valence-electron chi connectivity index (χ0n) is 12.0. The summed E-state index contributed by atoms with van der Waals surface area (Å²) in [6.45, 7) is 1.36. The minimum absolute atomic E-state index is 0.158. The first-order chi connectivity index (χ1) is 9.90. The van der Waals surface area contributed by atoms with Crippen LogP contribution < -0.4 is 5.32 Å². The Balaban J connectivity index is 2.28. The maximum atomic E-state index is 12.5. The minimum atomic E-state index is -0.592. The van der Waals surface area contributed by atoms with Crippen LogP contribution in [0, 0.1) is 0 Å². The number of benzene rings is 1. The van der Waals surface area contributed by atoms with E-state index in [1.807, 2.05) is 0 Å². The molecule has 1 fully saturated rings. The summed E-state index contributed by atoms with van der Waals surface area (Å²) in [6, 6.07) is 3.12. The number of aromatic hydroxyl groups is 2. The van der Waals surface area contributed by atoms with Crippen LogP contribution in [0.1, 0.15) is 10.4 Å². The standard InChI is InChI=1S/C14H19N3O4/c1-16(2)14(21)12-8-15-3-4-17(12)13(20)9-5-10(18)7-11(19)6-9/h5-7,12,15,18-19H,3-4,8H2,1-2H3. The summed E-state index contributed by atoms with van der Waals surface area (Å²) in [7, 11) is 3.28. The lowest BCUT2D eigenvalue weighted by atomic mass is 10.1. The van der Waals surface area contributed by atoms with Gasteiger partial charge in [-0.3, -0.25) is 9.59 Å². The zero-order valence-corrected chi connectivity index (χ0v) is 12.0. The van der Waals surface area contributed by atoms with Crippen molar-refractivity contribution >= 4 is 11.8 Å². The molecule has 1 aliphatic heterocycles. The fourth-order valence-electron chi connectivity index (χ4n) is 2.35. The Morgan fingerprint density at radius 1 is 1.24 bits per heavy atom. The van der Waals surface area contributed by atoms with Crippen LogP contribution in [0.4, 0.5) is 0 Å². The lowest BCUT2D eigenvalue weighted by Gasteiger charge is -2.36. The average molecular weight is 293 g/mol. The molecular formula is C14H19N3O4. The van der Waals surface area contributed by atoms with E-state index in [2.05, 4.69) is 5.32 Å². The van der Waals surface area contributed by atoms with Gasteiger partial charge in [0.05, 0.1) is 0 Å². The summed E-state index contributed by atoms with van der Waals surface area (Å²) in [5, 5.41) is 22.1. The van der Waals surface area contributed by atoms with Gasteiger partial charge in [0, 0.05) is 45.4 Å². The Hall–Kier alpha value is -2.28.